The number of halogens is 1. The molecule has 4 N–H and O–H groups in total. The number of rotatable bonds is 5. The Morgan fingerprint density at radius 2 is 2.24 bits per heavy atom. The van der Waals surface area contributed by atoms with Crippen molar-refractivity contribution in [3.63, 3.8) is 0 Å². The fourth-order valence-corrected chi connectivity index (χ4v) is 2.20. The molecule has 0 atom stereocenters. The lowest BCUT2D eigenvalue weighted by Gasteiger charge is -2.07. The van der Waals surface area contributed by atoms with E-state index < -0.39 is 5.97 Å². The van der Waals surface area contributed by atoms with Crippen LogP contribution in [0.2, 0.25) is 5.02 Å². The summed E-state index contributed by atoms with van der Waals surface area (Å²) in [6.07, 6.45) is 1.31. The van der Waals surface area contributed by atoms with Crippen LogP contribution >= 0.6 is 23.4 Å². The normalized spacial score (nSPS) is 10.3. The molecule has 0 unspecified atom stereocenters. The predicted molar refractivity (Wildman–Crippen MR) is 77.9 cm³/mol. The summed E-state index contributed by atoms with van der Waals surface area (Å²) in [6.45, 7) is 0. The Kier molecular flexibility index (Phi) is 4.66. The van der Waals surface area contributed by atoms with Gasteiger partial charge in [-0.3, -0.25) is 4.79 Å². The monoisotopic (exact) mass is 327 g/mol. The highest BCUT2D eigenvalue weighted by Gasteiger charge is 2.11. The van der Waals surface area contributed by atoms with Crippen LogP contribution in [-0.4, -0.2) is 37.6 Å². The van der Waals surface area contributed by atoms with Gasteiger partial charge in [0.05, 0.1) is 22.0 Å². The van der Waals surface area contributed by atoms with Crippen molar-refractivity contribution in [2.45, 2.75) is 5.16 Å². The third-order valence-corrected chi connectivity index (χ3v) is 3.65. The average Bonchev–Trinajstić information content (AvgIpc) is 2.84. The fraction of sp³-hybridized carbons (Fsp3) is 0.0909. The number of nitrogens with two attached hydrogens (primary N) is 1. The molecule has 0 saturated carbocycles. The number of aromatic nitrogens is 3. The largest absolute Gasteiger partial charge is 0.478 e. The summed E-state index contributed by atoms with van der Waals surface area (Å²) in [5, 5.41) is 19.4. The Morgan fingerprint density at radius 3 is 2.86 bits per heavy atom. The number of hydrogen-bond donors (Lipinski definition) is 3. The first-order valence-electron chi connectivity index (χ1n) is 5.58. The Bertz CT molecular complexity index is 690. The van der Waals surface area contributed by atoms with Crippen molar-refractivity contribution in [2.24, 2.45) is 0 Å². The van der Waals surface area contributed by atoms with Gasteiger partial charge in [0.25, 0.3) is 0 Å². The van der Waals surface area contributed by atoms with E-state index in [9.17, 15) is 9.59 Å². The minimum atomic E-state index is -1.10. The molecule has 21 heavy (non-hydrogen) atoms. The van der Waals surface area contributed by atoms with Crippen molar-refractivity contribution in [1.29, 1.82) is 0 Å². The van der Waals surface area contributed by atoms with Crippen molar-refractivity contribution < 1.29 is 14.7 Å². The van der Waals surface area contributed by atoms with E-state index in [-0.39, 0.29) is 27.9 Å². The minimum Gasteiger partial charge on any atom is -0.478 e. The number of anilines is 1. The summed E-state index contributed by atoms with van der Waals surface area (Å²) >= 11 is 7.00. The van der Waals surface area contributed by atoms with Gasteiger partial charge in [0.15, 0.2) is 0 Å². The van der Waals surface area contributed by atoms with Crippen molar-refractivity contribution >= 4 is 40.9 Å². The van der Waals surface area contributed by atoms with Gasteiger partial charge in [-0.1, -0.05) is 23.4 Å². The van der Waals surface area contributed by atoms with E-state index in [2.05, 4.69) is 15.5 Å². The van der Waals surface area contributed by atoms with E-state index in [1.807, 2.05) is 0 Å². The van der Waals surface area contributed by atoms with Gasteiger partial charge in [-0.05, 0) is 18.2 Å². The molecule has 110 valence electrons. The van der Waals surface area contributed by atoms with Crippen molar-refractivity contribution in [3.05, 3.63) is 35.1 Å². The topological polar surface area (TPSA) is 123 Å². The lowest BCUT2D eigenvalue weighted by Crippen LogP contribution is -2.16. The molecular weight excluding hydrogens is 318 g/mol. The van der Waals surface area contributed by atoms with E-state index in [0.29, 0.717) is 5.16 Å². The Labute approximate surface area is 128 Å². The summed E-state index contributed by atoms with van der Waals surface area (Å²) < 4.78 is 1.19. The van der Waals surface area contributed by atoms with Gasteiger partial charge in [0.1, 0.15) is 6.33 Å². The minimum absolute atomic E-state index is 0.0313. The highest BCUT2D eigenvalue weighted by Crippen LogP contribution is 2.23. The van der Waals surface area contributed by atoms with Gasteiger partial charge < -0.3 is 16.3 Å². The van der Waals surface area contributed by atoms with Crippen LogP contribution in [0, 0.1) is 0 Å². The van der Waals surface area contributed by atoms with Gasteiger partial charge >= 0.3 is 5.97 Å². The number of benzene rings is 1. The standard InChI is InChI=1S/C11H10ClN5O3S/c12-7-2-1-6(10(19)20)3-8(7)15-9(18)4-21-11-16-14-5-17(11)13/h1-3,5H,4,13H2,(H,15,18)(H,19,20). The number of nitrogens with zero attached hydrogens (tertiary/aromatic N) is 3. The number of carboxylic acids is 1. The first kappa shape index (κ1) is 15.1. The zero-order valence-electron chi connectivity index (χ0n) is 10.5. The number of nitrogens with one attached hydrogen (secondary N) is 1. The molecule has 1 heterocycles. The molecule has 2 rings (SSSR count). The number of aromatic carboxylic acids is 1. The van der Waals surface area contributed by atoms with Crippen LogP contribution < -0.4 is 11.2 Å². The highest BCUT2D eigenvalue weighted by molar-refractivity contribution is 7.99. The molecule has 10 heteroatoms. The quantitative estimate of drug-likeness (QED) is 0.554. The number of thioether (sulfide) groups is 1. The van der Waals surface area contributed by atoms with Crippen LogP contribution in [0.3, 0.4) is 0 Å². The summed E-state index contributed by atoms with van der Waals surface area (Å²) in [5.41, 5.74) is 0.264. The average molecular weight is 328 g/mol. The van der Waals surface area contributed by atoms with Crippen LogP contribution in [0.4, 0.5) is 5.69 Å². The van der Waals surface area contributed by atoms with Crippen LogP contribution in [0.1, 0.15) is 10.4 Å². The molecule has 2 aromatic rings. The summed E-state index contributed by atoms with van der Waals surface area (Å²) in [4.78, 5) is 22.7. The second kappa shape index (κ2) is 6.46. The Balaban J connectivity index is 2.01. The smallest absolute Gasteiger partial charge is 0.335 e. The SMILES string of the molecule is Nn1cnnc1SCC(=O)Nc1cc(C(=O)O)ccc1Cl. The number of carbonyl (C=O) groups excluding carboxylic acids is 1. The second-order valence-corrected chi connectivity index (χ2v) is 5.21. The van der Waals surface area contributed by atoms with Gasteiger partial charge in [-0.2, -0.15) is 0 Å². The van der Waals surface area contributed by atoms with E-state index in [0.717, 1.165) is 11.8 Å². The number of carbonyl (C=O) groups is 2. The summed E-state index contributed by atoms with van der Waals surface area (Å²) in [5.74, 6) is 4.07. The van der Waals surface area contributed by atoms with Crippen molar-refractivity contribution in [1.82, 2.24) is 14.9 Å². The maximum Gasteiger partial charge on any atom is 0.335 e. The van der Waals surface area contributed by atoms with Crippen molar-refractivity contribution in [3.8, 4) is 0 Å². The molecule has 0 fully saturated rings. The molecular formula is C11H10ClN5O3S. The molecule has 0 aliphatic carbocycles. The van der Waals surface area contributed by atoms with E-state index in [4.69, 9.17) is 22.6 Å². The van der Waals surface area contributed by atoms with Gasteiger partial charge in [0.2, 0.25) is 11.1 Å². The highest BCUT2D eigenvalue weighted by atomic mass is 35.5. The number of carboxylic acid groups (broad SMARTS) is 1. The Hall–Kier alpha value is -2.26. The van der Waals surface area contributed by atoms with Crippen molar-refractivity contribution in [2.75, 3.05) is 16.9 Å². The Morgan fingerprint density at radius 1 is 1.48 bits per heavy atom. The van der Waals surface area contributed by atoms with Gasteiger partial charge in [-0.25, -0.2) is 9.47 Å². The summed E-state index contributed by atoms with van der Waals surface area (Å²) in [6, 6.07) is 4.05. The predicted octanol–water partition coefficient (Wildman–Crippen LogP) is 1.07. The molecule has 0 bridgehead atoms. The number of hydrogen-bond acceptors (Lipinski definition) is 6. The molecule has 0 spiro atoms. The molecule has 0 aliphatic rings. The fourth-order valence-electron chi connectivity index (χ4n) is 1.41. The zero-order valence-corrected chi connectivity index (χ0v) is 12.1. The van der Waals surface area contributed by atoms with Crippen LogP contribution in [0.5, 0.6) is 0 Å². The van der Waals surface area contributed by atoms with E-state index in [1.54, 1.807) is 0 Å². The summed E-state index contributed by atoms with van der Waals surface area (Å²) in [7, 11) is 0. The lowest BCUT2D eigenvalue weighted by molar-refractivity contribution is -0.113. The third-order valence-electron chi connectivity index (χ3n) is 2.36. The first-order chi connectivity index (χ1) is 9.97. The maximum absolute atomic E-state index is 11.8. The number of nitrogen functional groups attached to an aromatic ring is 1. The lowest BCUT2D eigenvalue weighted by atomic mass is 10.2. The van der Waals surface area contributed by atoms with Crippen LogP contribution in [0.15, 0.2) is 29.7 Å². The molecule has 1 aromatic carbocycles. The van der Waals surface area contributed by atoms with Crippen LogP contribution in [-0.2, 0) is 4.79 Å². The first-order valence-corrected chi connectivity index (χ1v) is 6.94. The van der Waals surface area contributed by atoms with Gasteiger partial charge in [0, 0.05) is 0 Å². The molecule has 1 amide bonds. The second-order valence-electron chi connectivity index (χ2n) is 3.86. The third kappa shape index (κ3) is 3.86. The van der Waals surface area contributed by atoms with E-state index >= 15 is 0 Å². The maximum atomic E-state index is 11.8. The molecule has 0 aliphatic heterocycles. The molecule has 0 radical (unpaired) electrons. The molecule has 8 nitrogen and oxygen atoms in total. The zero-order chi connectivity index (χ0) is 15.4. The number of amides is 1. The molecule has 0 saturated heterocycles. The van der Waals surface area contributed by atoms with Crippen LogP contribution in [0.25, 0.3) is 0 Å². The van der Waals surface area contributed by atoms with Gasteiger partial charge in [-0.15, -0.1) is 10.2 Å². The molecule has 1 aromatic heterocycles. The van der Waals surface area contributed by atoms with E-state index in [1.165, 1.54) is 29.2 Å².